The number of carbonyl (C=O) groups is 1. The van der Waals surface area contributed by atoms with Crippen molar-refractivity contribution in [3.05, 3.63) is 33.2 Å². The molecule has 0 spiro atoms. The van der Waals surface area contributed by atoms with Crippen molar-refractivity contribution in [3.63, 3.8) is 0 Å². The first-order valence-corrected chi connectivity index (χ1v) is 4.00. The predicted octanol–water partition coefficient (Wildman–Crippen LogP) is 1.56. The SMILES string of the molecule is N#Cc1[nH]c(=O)c(C(F)F)cc1C(=O)Cl. The highest BCUT2D eigenvalue weighted by Crippen LogP contribution is 2.17. The van der Waals surface area contributed by atoms with E-state index in [0.717, 1.165) is 0 Å². The Labute approximate surface area is 87.1 Å². The monoisotopic (exact) mass is 232 g/mol. The number of nitrogens with one attached hydrogen (secondary N) is 1. The largest absolute Gasteiger partial charge is 0.313 e. The van der Waals surface area contributed by atoms with Crippen LogP contribution in [0.1, 0.15) is 28.0 Å². The second-order valence-electron chi connectivity index (χ2n) is 2.53. The van der Waals surface area contributed by atoms with Gasteiger partial charge in [0.05, 0.1) is 11.1 Å². The summed E-state index contributed by atoms with van der Waals surface area (Å²) in [4.78, 5) is 23.6. The van der Waals surface area contributed by atoms with E-state index in [-0.39, 0.29) is 0 Å². The molecule has 0 amide bonds. The van der Waals surface area contributed by atoms with Gasteiger partial charge in [-0.25, -0.2) is 8.78 Å². The van der Waals surface area contributed by atoms with Crippen LogP contribution in [0.2, 0.25) is 0 Å². The molecule has 1 rings (SSSR count). The zero-order valence-electron chi connectivity index (χ0n) is 7.05. The molecule has 0 fully saturated rings. The van der Waals surface area contributed by atoms with Crippen LogP contribution in [0.25, 0.3) is 0 Å². The molecule has 15 heavy (non-hydrogen) atoms. The molecule has 0 bridgehead atoms. The Morgan fingerprint density at radius 3 is 2.60 bits per heavy atom. The lowest BCUT2D eigenvalue weighted by Gasteiger charge is -2.01. The van der Waals surface area contributed by atoms with Crippen LogP contribution in [-0.2, 0) is 0 Å². The Hall–Kier alpha value is -1.74. The maximum absolute atomic E-state index is 12.2. The first-order valence-electron chi connectivity index (χ1n) is 3.62. The van der Waals surface area contributed by atoms with Crippen molar-refractivity contribution in [3.8, 4) is 6.07 Å². The van der Waals surface area contributed by atoms with Crippen molar-refractivity contribution in [1.82, 2.24) is 4.98 Å². The van der Waals surface area contributed by atoms with E-state index < -0.39 is 34.0 Å². The number of nitriles is 1. The summed E-state index contributed by atoms with van der Waals surface area (Å²) < 4.78 is 24.5. The van der Waals surface area contributed by atoms with Gasteiger partial charge >= 0.3 is 0 Å². The lowest BCUT2D eigenvalue weighted by molar-refractivity contribution is 0.108. The minimum atomic E-state index is -3.03. The number of aromatic amines is 1. The number of rotatable bonds is 2. The van der Waals surface area contributed by atoms with Crippen LogP contribution in [0.15, 0.2) is 10.9 Å². The Bertz CT molecular complexity index is 504. The number of hydrogen-bond donors (Lipinski definition) is 1. The van der Waals surface area contributed by atoms with Crippen LogP contribution in [0, 0.1) is 11.3 Å². The highest BCUT2D eigenvalue weighted by Gasteiger charge is 2.18. The molecule has 0 radical (unpaired) electrons. The second-order valence-corrected chi connectivity index (χ2v) is 2.87. The number of aromatic nitrogens is 1. The molecule has 1 aromatic heterocycles. The molecular weight excluding hydrogens is 230 g/mol. The number of nitrogens with zero attached hydrogens (tertiary/aromatic N) is 1. The summed E-state index contributed by atoms with van der Waals surface area (Å²) in [5, 5.41) is 7.42. The Morgan fingerprint density at radius 2 is 2.20 bits per heavy atom. The topological polar surface area (TPSA) is 73.7 Å². The Morgan fingerprint density at radius 1 is 1.60 bits per heavy atom. The fourth-order valence-corrected chi connectivity index (χ4v) is 1.10. The van der Waals surface area contributed by atoms with Crippen LogP contribution in [0.4, 0.5) is 8.78 Å². The van der Waals surface area contributed by atoms with E-state index in [1.54, 1.807) is 0 Å². The van der Waals surface area contributed by atoms with Crippen LogP contribution in [0.5, 0.6) is 0 Å². The average molecular weight is 233 g/mol. The van der Waals surface area contributed by atoms with Crippen LogP contribution in [0.3, 0.4) is 0 Å². The molecule has 0 saturated heterocycles. The quantitative estimate of drug-likeness (QED) is 0.787. The van der Waals surface area contributed by atoms with Crippen LogP contribution in [-0.4, -0.2) is 10.2 Å². The van der Waals surface area contributed by atoms with Crippen molar-refractivity contribution >= 4 is 16.8 Å². The molecule has 0 saturated carbocycles. The molecule has 78 valence electrons. The van der Waals surface area contributed by atoms with Crippen molar-refractivity contribution in [2.75, 3.05) is 0 Å². The summed E-state index contributed by atoms with van der Waals surface area (Å²) in [6.07, 6.45) is -3.03. The van der Waals surface area contributed by atoms with Gasteiger partial charge in [-0.15, -0.1) is 0 Å². The average Bonchev–Trinajstić information content (AvgIpc) is 2.16. The van der Waals surface area contributed by atoms with Crippen molar-refractivity contribution in [2.24, 2.45) is 0 Å². The summed E-state index contributed by atoms with van der Waals surface area (Å²) >= 11 is 5.06. The lowest BCUT2D eigenvalue weighted by Crippen LogP contribution is -2.17. The van der Waals surface area contributed by atoms with Gasteiger partial charge in [0, 0.05) is 0 Å². The summed E-state index contributed by atoms with van der Waals surface area (Å²) in [5.41, 5.74) is -2.86. The van der Waals surface area contributed by atoms with Gasteiger partial charge in [-0.1, -0.05) is 0 Å². The van der Waals surface area contributed by atoms with Gasteiger partial charge in [-0.05, 0) is 17.7 Å². The van der Waals surface area contributed by atoms with E-state index in [1.165, 1.54) is 6.07 Å². The van der Waals surface area contributed by atoms with Crippen molar-refractivity contribution < 1.29 is 13.6 Å². The molecule has 0 aromatic carbocycles. The molecule has 7 heteroatoms. The predicted molar refractivity (Wildman–Crippen MR) is 46.9 cm³/mol. The smallest absolute Gasteiger partial charge is 0.269 e. The van der Waals surface area contributed by atoms with Gasteiger partial charge < -0.3 is 4.98 Å². The first-order chi connectivity index (χ1) is 6.97. The zero-order valence-corrected chi connectivity index (χ0v) is 7.81. The third-order valence-corrected chi connectivity index (χ3v) is 1.83. The van der Waals surface area contributed by atoms with Crippen LogP contribution >= 0.6 is 11.6 Å². The number of halogens is 3. The highest BCUT2D eigenvalue weighted by atomic mass is 35.5. The molecule has 0 aliphatic heterocycles. The summed E-state index contributed by atoms with van der Waals surface area (Å²) in [7, 11) is 0. The Kier molecular flexibility index (Phi) is 3.17. The summed E-state index contributed by atoms with van der Waals surface area (Å²) in [6.45, 7) is 0. The number of pyridine rings is 1. The molecule has 1 heterocycles. The second kappa shape index (κ2) is 4.19. The highest BCUT2D eigenvalue weighted by molar-refractivity contribution is 6.68. The van der Waals surface area contributed by atoms with E-state index in [2.05, 4.69) is 0 Å². The third-order valence-electron chi connectivity index (χ3n) is 1.63. The van der Waals surface area contributed by atoms with E-state index >= 15 is 0 Å². The van der Waals surface area contributed by atoms with E-state index in [9.17, 15) is 18.4 Å². The molecule has 1 aromatic rings. The van der Waals surface area contributed by atoms with E-state index in [0.29, 0.717) is 6.07 Å². The van der Waals surface area contributed by atoms with Crippen LogP contribution < -0.4 is 5.56 Å². The fraction of sp³-hybridized carbons (Fsp3) is 0.125. The molecule has 0 aliphatic carbocycles. The maximum atomic E-state index is 12.2. The standard InChI is InChI=1S/C8H3ClF2N2O2/c9-6(14)3-1-4(7(10)11)8(15)13-5(3)2-12/h1,7H,(H,13,15). The normalized spacial score (nSPS) is 10.1. The number of alkyl halides is 2. The lowest BCUT2D eigenvalue weighted by atomic mass is 10.1. The number of hydrogen-bond acceptors (Lipinski definition) is 3. The van der Waals surface area contributed by atoms with Gasteiger partial charge in [-0.3, -0.25) is 9.59 Å². The number of H-pyrrole nitrogens is 1. The molecule has 1 N–H and O–H groups in total. The minimum absolute atomic E-state index is 0.426. The van der Waals surface area contributed by atoms with E-state index in [4.69, 9.17) is 16.9 Å². The summed E-state index contributed by atoms with van der Waals surface area (Å²) in [5.74, 6) is 0. The molecule has 0 unspecified atom stereocenters. The van der Waals surface area contributed by atoms with Gasteiger partial charge in [0.25, 0.3) is 17.2 Å². The molecule has 4 nitrogen and oxygen atoms in total. The zero-order chi connectivity index (χ0) is 11.6. The van der Waals surface area contributed by atoms with Crippen molar-refractivity contribution in [1.29, 1.82) is 5.26 Å². The summed E-state index contributed by atoms with van der Waals surface area (Å²) in [6, 6.07) is 2.10. The third kappa shape index (κ3) is 2.19. The van der Waals surface area contributed by atoms with Gasteiger partial charge in [0.2, 0.25) is 0 Å². The first kappa shape index (κ1) is 11.3. The van der Waals surface area contributed by atoms with E-state index in [1.807, 2.05) is 4.98 Å². The van der Waals surface area contributed by atoms with Gasteiger partial charge in [-0.2, -0.15) is 5.26 Å². The maximum Gasteiger partial charge on any atom is 0.269 e. The van der Waals surface area contributed by atoms with Crippen molar-refractivity contribution in [2.45, 2.75) is 6.43 Å². The molecular formula is C8H3ClF2N2O2. The molecule has 0 atom stereocenters. The van der Waals surface area contributed by atoms with Gasteiger partial charge in [0.1, 0.15) is 11.8 Å². The fourth-order valence-electron chi connectivity index (χ4n) is 0.952. The molecule has 0 aliphatic rings. The van der Waals surface area contributed by atoms with Gasteiger partial charge in [0.15, 0.2) is 0 Å². The number of carbonyl (C=O) groups excluding carboxylic acids is 1. The minimum Gasteiger partial charge on any atom is -0.313 e. The Balaban J connectivity index is 3.53.